The van der Waals surface area contributed by atoms with Gasteiger partial charge in [-0.1, -0.05) is 48.5 Å². The van der Waals surface area contributed by atoms with Gasteiger partial charge in [0.2, 0.25) is 5.91 Å². The van der Waals surface area contributed by atoms with Crippen LogP contribution in [0.4, 0.5) is 0 Å². The zero-order valence-corrected chi connectivity index (χ0v) is 16.8. The van der Waals surface area contributed by atoms with Gasteiger partial charge < -0.3 is 15.5 Å². The Labute approximate surface area is 178 Å². The van der Waals surface area contributed by atoms with Crippen molar-refractivity contribution in [3.63, 3.8) is 0 Å². The van der Waals surface area contributed by atoms with Crippen LogP contribution >= 0.6 is 0 Å². The van der Waals surface area contributed by atoms with Crippen LogP contribution in [0.25, 0.3) is 22.3 Å². The summed E-state index contributed by atoms with van der Waals surface area (Å²) in [6.45, 7) is 1.91. The molecule has 154 valence electrons. The van der Waals surface area contributed by atoms with Gasteiger partial charge in [0.15, 0.2) is 11.0 Å². The highest BCUT2D eigenvalue weighted by Gasteiger charge is 2.18. The summed E-state index contributed by atoms with van der Waals surface area (Å²) in [5.41, 5.74) is 7.98. The molecule has 0 aliphatic heterocycles. The van der Waals surface area contributed by atoms with E-state index in [1.165, 1.54) is 0 Å². The summed E-state index contributed by atoms with van der Waals surface area (Å²) in [7, 11) is 0. The van der Waals surface area contributed by atoms with E-state index in [0.29, 0.717) is 22.3 Å². The molecule has 0 atom stereocenters. The topological polar surface area (TPSA) is 102 Å². The number of carbonyl (C=O) groups is 2. The summed E-state index contributed by atoms with van der Waals surface area (Å²) >= 11 is 0. The van der Waals surface area contributed by atoms with Crippen molar-refractivity contribution in [1.29, 1.82) is 0 Å². The minimum absolute atomic E-state index is 0.177. The Morgan fingerprint density at radius 2 is 1.71 bits per heavy atom. The van der Waals surface area contributed by atoms with Crippen molar-refractivity contribution in [3.05, 3.63) is 105 Å². The molecule has 1 aromatic heterocycles. The molecule has 0 saturated heterocycles. The number of amides is 2. The molecule has 1 heterocycles. The molecule has 0 aliphatic rings. The maximum Gasteiger partial charge on any atom is 0.255 e. The second-order valence-electron chi connectivity index (χ2n) is 7.18. The quantitative estimate of drug-likeness (QED) is 0.520. The Kier molecular flexibility index (Phi) is 5.37. The average molecular weight is 412 g/mol. The van der Waals surface area contributed by atoms with Crippen molar-refractivity contribution < 1.29 is 14.0 Å². The largest absolute Gasteiger partial charge is 0.455 e. The Balaban J connectivity index is 1.71. The normalized spacial score (nSPS) is 10.7. The summed E-state index contributed by atoms with van der Waals surface area (Å²) in [5, 5.41) is 3.16. The molecule has 0 bridgehead atoms. The second kappa shape index (κ2) is 8.28. The molecule has 0 unspecified atom stereocenters. The first-order chi connectivity index (χ1) is 15.0. The number of hydrogen-bond acceptors (Lipinski definition) is 4. The molecule has 0 saturated carbocycles. The Morgan fingerprint density at radius 1 is 0.968 bits per heavy atom. The van der Waals surface area contributed by atoms with E-state index in [1.54, 1.807) is 49.4 Å². The molecule has 4 rings (SSSR count). The highest BCUT2D eigenvalue weighted by Crippen LogP contribution is 2.27. The smallest absolute Gasteiger partial charge is 0.255 e. The van der Waals surface area contributed by atoms with Crippen molar-refractivity contribution in [2.24, 2.45) is 5.73 Å². The lowest BCUT2D eigenvalue weighted by Gasteiger charge is -2.11. The van der Waals surface area contributed by atoms with Crippen LogP contribution in [0.3, 0.4) is 0 Å². The number of hydrogen-bond donors (Lipinski definition) is 2. The monoisotopic (exact) mass is 412 g/mol. The van der Waals surface area contributed by atoms with Crippen LogP contribution in [0.1, 0.15) is 31.8 Å². The fourth-order valence-corrected chi connectivity index (χ4v) is 3.47. The van der Waals surface area contributed by atoms with Crippen LogP contribution in [-0.4, -0.2) is 11.8 Å². The number of para-hydroxylation sites is 1. The molecule has 4 aromatic rings. The van der Waals surface area contributed by atoms with Gasteiger partial charge in [-0.25, -0.2) is 0 Å². The Bertz CT molecular complexity index is 1360. The Hall–Kier alpha value is -4.19. The number of carbonyl (C=O) groups excluding carboxylic acids is 2. The highest BCUT2D eigenvalue weighted by atomic mass is 16.3. The van der Waals surface area contributed by atoms with E-state index in [1.807, 2.05) is 30.3 Å². The maximum atomic E-state index is 12.9. The van der Waals surface area contributed by atoms with Gasteiger partial charge in [0.1, 0.15) is 5.76 Å². The minimum Gasteiger partial charge on any atom is -0.455 e. The van der Waals surface area contributed by atoms with Crippen LogP contribution in [0.5, 0.6) is 0 Å². The molecule has 0 fully saturated rings. The van der Waals surface area contributed by atoms with Crippen molar-refractivity contribution in [2.45, 2.75) is 13.5 Å². The van der Waals surface area contributed by atoms with Gasteiger partial charge in [-0.05, 0) is 36.8 Å². The van der Waals surface area contributed by atoms with Crippen LogP contribution < -0.4 is 16.5 Å². The number of fused-ring (bicyclic) bond motifs is 1. The van der Waals surface area contributed by atoms with E-state index >= 15 is 0 Å². The first-order valence-corrected chi connectivity index (χ1v) is 9.74. The van der Waals surface area contributed by atoms with E-state index in [2.05, 4.69) is 5.32 Å². The number of rotatable bonds is 5. The number of benzene rings is 3. The molecule has 6 heteroatoms. The molecular formula is C25H20N2O4. The van der Waals surface area contributed by atoms with E-state index in [0.717, 1.165) is 11.1 Å². The Morgan fingerprint density at radius 3 is 2.45 bits per heavy atom. The van der Waals surface area contributed by atoms with E-state index in [-0.39, 0.29) is 29.0 Å². The van der Waals surface area contributed by atoms with Crippen molar-refractivity contribution in [2.75, 3.05) is 0 Å². The lowest BCUT2D eigenvalue weighted by molar-refractivity contribution is 0.0951. The first-order valence-electron chi connectivity index (χ1n) is 9.74. The zero-order valence-electron chi connectivity index (χ0n) is 16.8. The van der Waals surface area contributed by atoms with Gasteiger partial charge in [-0.2, -0.15) is 0 Å². The molecule has 3 N–H and O–H groups in total. The summed E-state index contributed by atoms with van der Waals surface area (Å²) in [6, 6.07) is 20.9. The first kappa shape index (κ1) is 20.1. The van der Waals surface area contributed by atoms with Gasteiger partial charge in [0.05, 0.1) is 10.9 Å². The third-order valence-electron chi connectivity index (χ3n) is 5.09. The molecule has 0 spiro atoms. The average Bonchev–Trinajstić information content (AvgIpc) is 2.80. The molecule has 0 radical (unpaired) electrons. The molecule has 2 amide bonds. The van der Waals surface area contributed by atoms with Gasteiger partial charge >= 0.3 is 0 Å². The highest BCUT2D eigenvalue weighted by molar-refractivity contribution is 6.05. The molecule has 3 aromatic carbocycles. The summed E-state index contributed by atoms with van der Waals surface area (Å²) in [6.07, 6.45) is 0. The van der Waals surface area contributed by atoms with Crippen molar-refractivity contribution >= 4 is 22.8 Å². The predicted octanol–water partition coefficient (Wildman–Crippen LogP) is 3.80. The summed E-state index contributed by atoms with van der Waals surface area (Å²) in [5.74, 6) is -0.485. The number of primary amides is 1. The molecule has 0 aliphatic carbocycles. The second-order valence-corrected chi connectivity index (χ2v) is 7.18. The molecule has 31 heavy (non-hydrogen) atoms. The van der Waals surface area contributed by atoms with Gasteiger partial charge in [0, 0.05) is 23.2 Å². The van der Waals surface area contributed by atoms with E-state index < -0.39 is 5.91 Å². The lowest BCUT2D eigenvalue weighted by atomic mass is 10.0. The number of nitrogens with one attached hydrogen (secondary N) is 1. The van der Waals surface area contributed by atoms with E-state index in [4.69, 9.17) is 10.2 Å². The van der Waals surface area contributed by atoms with Crippen molar-refractivity contribution in [3.8, 4) is 11.3 Å². The lowest BCUT2D eigenvalue weighted by Crippen LogP contribution is -2.24. The summed E-state index contributed by atoms with van der Waals surface area (Å²) in [4.78, 5) is 37.2. The standard InChI is InChI=1S/C25H20N2O4/c1-15-21(28)19-11-6-12-20(23(19)31-22(15)17-8-3-2-4-9-17)25(30)27-14-16-7-5-10-18(13-16)24(26)29/h2-13H,14H2,1H3,(H2,26,29)(H,27,30). The van der Waals surface area contributed by atoms with Crippen LogP contribution in [0.2, 0.25) is 0 Å². The fraction of sp³-hybridized carbons (Fsp3) is 0.0800. The van der Waals surface area contributed by atoms with Crippen LogP contribution in [0, 0.1) is 6.92 Å². The third-order valence-corrected chi connectivity index (χ3v) is 5.09. The minimum atomic E-state index is -0.534. The van der Waals surface area contributed by atoms with E-state index in [9.17, 15) is 14.4 Å². The zero-order chi connectivity index (χ0) is 22.0. The predicted molar refractivity (Wildman–Crippen MR) is 119 cm³/mol. The SMILES string of the molecule is Cc1c(-c2ccccc2)oc2c(C(=O)NCc3cccc(C(N)=O)c3)cccc2c1=O. The van der Waals surface area contributed by atoms with Gasteiger partial charge in [-0.15, -0.1) is 0 Å². The van der Waals surface area contributed by atoms with Crippen LogP contribution in [-0.2, 0) is 6.54 Å². The van der Waals surface area contributed by atoms with Crippen molar-refractivity contribution in [1.82, 2.24) is 5.32 Å². The van der Waals surface area contributed by atoms with Gasteiger partial charge in [0.25, 0.3) is 5.91 Å². The summed E-state index contributed by atoms with van der Waals surface area (Å²) < 4.78 is 6.09. The number of nitrogens with two attached hydrogens (primary N) is 1. The van der Waals surface area contributed by atoms with Gasteiger partial charge in [-0.3, -0.25) is 14.4 Å². The third kappa shape index (κ3) is 3.96. The maximum absolute atomic E-state index is 12.9. The molecule has 6 nitrogen and oxygen atoms in total. The molecular weight excluding hydrogens is 392 g/mol. The van der Waals surface area contributed by atoms with Crippen LogP contribution in [0.15, 0.2) is 82.0 Å². The fourth-order valence-electron chi connectivity index (χ4n) is 3.47.